The second kappa shape index (κ2) is 4.14. The molecule has 1 heterocycles. The molecule has 0 saturated carbocycles. The van der Waals surface area contributed by atoms with Gasteiger partial charge in [0, 0.05) is 3.57 Å². The lowest BCUT2D eigenvalue weighted by molar-refractivity contribution is 0.489. The van der Waals surface area contributed by atoms with Crippen LogP contribution in [0.4, 0.5) is 0 Å². The first-order valence-corrected chi connectivity index (χ1v) is 5.40. The van der Waals surface area contributed by atoms with Crippen LogP contribution in [0.2, 0.25) is 0 Å². The molecule has 0 aliphatic carbocycles. The lowest BCUT2D eigenvalue weighted by Gasteiger charge is -2.10. The summed E-state index contributed by atoms with van der Waals surface area (Å²) in [4.78, 5) is 0. The summed E-state index contributed by atoms with van der Waals surface area (Å²) < 4.78 is 6.44. The van der Waals surface area contributed by atoms with Crippen LogP contribution in [-0.4, -0.2) is 0 Å². The van der Waals surface area contributed by atoms with Crippen molar-refractivity contribution in [3.63, 3.8) is 0 Å². The highest BCUT2D eigenvalue weighted by molar-refractivity contribution is 14.1. The van der Waals surface area contributed by atoms with Crippen LogP contribution in [0.1, 0.15) is 17.4 Å². The van der Waals surface area contributed by atoms with Crippen LogP contribution in [0.5, 0.6) is 0 Å². The quantitative estimate of drug-likeness (QED) is 0.866. The van der Waals surface area contributed by atoms with Gasteiger partial charge in [-0.05, 0) is 46.4 Å². The predicted molar refractivity (Wildman–Crippen MR) is 63.9 cm³/mol. The average Bonchev–Trinajstić information content (AvgIpc) is 2.70. The second-order valence-electron chi connectivity index (χ2n) is 3.01. The average molecular weight is 299 g/mol. The fourth-order valence-electron chi connectivity index (χ4n) is 1.35. The Morgan fingerprint density at radius 3 is 2.57 bits per heavy atom. The summed E-state index contributed by atoms with van der Waals surface area (Å²) in [5.41, 5.74) is 7.16. The summed E-state index contributed by atoms with van der Waals surface area (Å²) in [6.07, 6.45) is 1.64. The monoisotopic (exact) mass is 299 g/mol. The summed E-state index contributed by atoms with van der Waals surface area (Å²) in [7, 11) is 0. The van der Waals surface area contributed by atoms with Gasteiger partial charge in [0.25, 0.3) is 0 Å². The third-order valence-electron chi connectivity index (χ3n) is 2.09. The van der Waals surface area contributed by atoms with Gasteiger partial charge in [0.15, 0.2) is 0 Å². The molecule has 2 nitrogen and oxygen atoms in total. The highest BCUT2D eigenvalue weighted by atomic mass is 127. The van der Waals surface area contributed by atoms with Gasteiger partial charge in [-0.15, -0.1) is 0 Å². The lowest BCUT2D eigenvalue weighted by Crippen LogP contribution is -2.12. The van der Waals surface area contributed by atoms with Gasteiger partial charge in [-0.25, -0.2) is 0 Å². The van der Waals surface area contributed by atoms with Gasteiger partial charge in [-0.1, -0.05) is 18.2 Å². The zero-order valence-corrected chi connectivity index (χ0v) is 9.64. The van der Waals surface area contributed by atoms with E-state index in [9.17, 15) is 0 Å². The lowest BCUT2D eigenvalue weighted by atomic mass is 10.1. The molecule has 2 N–H and O–H groups in total. The molecule has 1 aromatic heterocycles. The highest BCUT2D eigenvalue weighted by Crippen LogP contribution is 2.23. The summed E-state index contributed by atoms with van der Waals surface area (Å²) in [6, 6.07) is 11.6. The van der Waals surface area contributed by atoms with Gasteiger partial charge >= 0.3 is 0 Å². The van der Waals surface area contributed by atoms with Crippen LogP contribution in [0, 0.1) is 3.57 Å². The molecule has 0 radical (unpaired) electrons. The molecule has 0 saturated heterocycles. The molecule has 0 aliphatic heterocycles. The van der Waals surface area contributed by atoms with E-state index in [0.717, 1.165) is 14.9 Å². The fourth-order valence-corrected chi connectivity index (χ4v) is 2.07. The van der Waals surface area contributed by atoms with E-state index >= 15 is 0 Å². The maximum absolute atomic E-state index is 6.06. The SMILES string of the molecule is NC(c1ccco1)c1ccccc1I. The van der Waals surface area contributed by atoms with Crippen molar-refractivity contribution in [3.05, 3.63) is 57.6 Å². The van der Waals surface area contributed by atoms with Gasteiger partial charge in [0.2, 0.25) is 0 Å². The van der Waals surface area contributed by atoms with Crippen molar-refractivity contribution < 1.29 is 4.42 Å². The molecular formula is C11H10INO. The fraction of sp³-hybridized carbons (Fsp3) is 0.0909. The van der Waals surface area contributed by atoms with Crippen LogP contribution in [0.25, 0.3) is 0 Å². The van der Waals surface area contributed by atoms with E-state index in [1.807, 2.05) is 36.4 Å². The summed E-state index contributed by atoms with van der Waals surface area (Å²) >= 11 is 2.28. The van der Waals surface area contributed by atoms with E-state index in [1.54, 1.807) is 6.26 Å². The van der Waals surface area contributed by atoms with Crippen molar-refractivity contribution in [2.24, 2.45) is 5.73 Å². The Hall–Kier alpha value is -0.810. The number of benzene rings is 1. The Labute approximate surface area is 96.2 Å². The Bertz CT molecular complexity index is 411. The van der Waals surface area contributed by atoms with Gasteiger partial charge in [0.05, 0.1) is 12.3 Å². The molecule has 0 amide bonds. The minimum Gasteiger partial charge on any atom is -0.467 e. The zero-order valence-electron chi connectivity index (χ0n) is 7.48. The molecule has 1 aromatic carbocycles. The van der Waals surface area contributed by atoms with Crippen molar-refractivity contribution in [2.45, 2.75) is 6.04 Å². The molecule has 3 heteroatoms. The molecule has 0 bridgehead atoms. The molecule has 0 spiro atoms. The molecule has 1 atom stereocenters. The molecule has 0 aliphatic rings. The van der Waals surface area contributed by atoms with E-state index in [-0.39, 0.29) is 6.04 Å². The molecule has 2 aromatic rings. The first-order chi connectivity index (χ1) is 6.79. The van der Waals surface area contributed by atoms with Crippen molar-refractivity contribution in [3.8, 4) is 0 Å². The van der Waals surface area contributed by atoms with Gasteiger partial charge in [-0.3, -0.25) is 0 Å². The minimum absolute atomic E-state index is 0.168. The maximum atomic E-state index is 6.06. The standard InChI is InChI=1S/C11H10INO/c12-9-5-2-1-4-8(9)11(13)10-6-3-7-14-10/h1-7,11H,13H2. The van der Waals surface area contributed by atoms with Crippen LogP contribution in [0.15, 0.2) is 47.1 Å². The molecule has 72 valence electrons. The van der Waals surface area contributed by atoms with E-state index in [2.05, 4.69) is 22.6 Å². The largest absolute Gasteiger partial charge is 0.467 e. The van der Waals surface area contributed by atoms with Crippen LogP contribution < -0.4 is 5.73 Å². The Balaban J connectivity index is 2.37. The molecule has 14 heavy (non-hydrogen) atoms. The Kier molecular flexibility index (Phi) is 2.88. The smallest absolute Gasteiger partial charge is 0.125 e. The number of hydrogen-bond acceptors (Lipinski definition) is 2. The Morgan fingerprint density at radius 2 is 1.93 bits per heavy atom. The van der Waals surface area contributed by atoms with E-state index in [1.165, 1.54) is 0 Å². The number of rotatable bonds is 2. The van der Waals surface area contributed by atoms with Gasteiger partial charge < -0.3 is 10.2 Å². The summed E-state index contributed by atoms with van der Waals surface area (Å²) in [6.45, 7) is 0. The maximum Gasteiger partial charge on any atom is 0.125 e. The zero-order chi connectivity index (χ0) is 9.97. The normalized spacial score (nSPS) is 12.7. The number of nitrogens with two attached hydrogens (primary N) is 1. The first kappa shape index (κ1) is 9.73. The van der Waals surface area contributed by atoms with Crippen molar-refractivity contribution >= 4 is 22.6 Å². The molecule has 1 unspecified atom stereocenters. The number of furan rings is 1. The number of halogens is 1. The van der Waals surface area contributed by atoms with Crippen molar-refractivity contribution in [1.82, 2.24) is 0 Å². The van der Waals surface area contributed by atoms with Crippen molar-refractivity contribution in [2.75, 3.05) is 0 Å². The molecule has 2 rings (SSSR count). The topological polar surface area (TPSA) is 39.2 Å². The van der Waals surface area contributed by atoms with Crippen LogP contribution >= 0.6 is 22.6 Å². The highest BCUT2D eigenvalue weighted by Gasteiger charge is 2.13. The third-order valence-corrected chi connectivity index (χ3v) is 3.07. The van der Waals surface area contributed by atoms with E-state index in [0.29, 0.717) is 0 Å². The Morgan fingerprint density at radius 1 is 1.14 bits per heavy atom. The molecular weight excluding hydrogens is 289 g/mol. The predicted octanol–water partition coefficient (Wildman–Crippen LogP) is 2.93. The minimum atomic E-state index is -0.168. The van der Waals surface area contributed by atoms with E-state index < -0.39 is 0 Å². The van der Waals surface area contributed by atoms with Crippen LogP contribution in [0.3, 0.4) is 0 Å². The van der Waals surface area contributed by atoms with Gasteiger partial charge in [0.1, 0.15) is 5.76 Å². The summed E-state index contributed by atoms with van der Waals surface area (Å²) in [5.74, 6) is 0.800. The van der Waals surface area contributed by atoms with Gasteiger partial charge in [-0.2, -0.15) is 0 Å². The summed E-state index contributed by atoms with van der Waals surface area (Å²) in [5, 5.41) is 0. The number of hydrogen-bond donors (Lipinski definition) is 1. The molecule has 0 fully saturated rings. The second-order valence-corrected chi connectivity index (χ2v) is 4.18. The third kappa shape index (κ3) is 1.83. The van der Waals surface area contributed by atoms with Crippen LogP contribution in [-0.2, 0) is 0 Å². The van der Waals surface area contributed by atoms with E-state index in [4.69, 9.17) is 10.2 Å². The van der Waals surface area contributed by atoms with Crippen molar-refractivity contribution in [1.29, 1.82) is 0 Å². The first-order valence-electron chi connectivity index (χ1n) is 4.32.